The van der Waals surface area contributed by atoms with Crippen LogP contribution in [0, 0.1) is 5.92 Å². The van der Waals surface area contributed by atoms with Crippen LogP contribution in [-0.4, -0.2) is 9.97 Å². The van der Waals surface area contributed by atoms with E-state index < -0.39 is 0 Å². The van der Waals surface area contributed by atoms with Gasteiger partial charge in [0.25, 0.3) is 0 Å². The van der Waals surface area contributed by atoms with E-state index in [2.05, 4.69) is 30.7 Å². The quantitative estimate of drug-likeness (QED) is 0.708. The van der Waals surface area contributed by atoms with Gasteiger partial charge < -0.3 is 0 Å². The molecule has 0 amide bonds. The third-order valence-electron chi connectivity index (χ3n) is 2.48. The summed E-state index contributed by atoms with van der Waals surface area (Å²) in [4.78, 5) is 8.34. The average Bonchev–Trinajstić information content (AvgIpc) is 2.18. The van der Waals surface area contributed by atoms with E-state index in [0.717, 1.165) is 18.8 Å². The second kappa shape index (κ2) is 4.95. The first kappa shape index (κ1) is 10.2. The van der Waals surface area contributed by atoms with Gasteiger partial charge in [0.2, 0.25) is 0 Å². The summed E-state index contributed by atoms with van der Waals surface area (Å²) in [5, 5.41) is 0. The number of hydrogen-bond donors (Lipinski definition) is 0. The van der Waals surface area contributed by atoms with Gasteiger partial charge in [-0.1, -0.05) is 27.2 Å². The fourth-order valence-electron chi connectivity index (χ4n) is 1.39. The van der Waals surface area contributed by atoms with Gasteiger partial charge in [-0.25, -0.2) is 9.97 Å². The van der Waals surface area contributed by atoms with Gasteiger partial charge in [-0.05, 0) is 24.3 Å². The number of aryl methyl sites for hydroxylation is 1. The Morgan fingerprint density at radius 2 is 2.15 bits per heavy atom. The summed E-state index contributed by atoms with van der Waals surface area (Å²) in [5.74, 6) is 0.733. The van der Waals surface area contributed by atoms with Crippen LogP contribution in [0.5, 0.6) is 0 Å². The molecule has 72 valence electrons. The smallest absolute Gasteiger partial charge is 0.115 e. The predicted octanol–water partition coefficient (Wildman–Crippen LogP) is 2.63. The zero-order valence-corrected chi connectivity index (χ0v) is 8.75. The molecule has 0 bridgehead atoms. The Morgan fingerprint density at radius 3 is 2.77 bits per heavy atom. The Hall–Kier alpha value is -0.920. The molecule has 2 nitrogen and oxygen atoms in total. The van der Waals surface area contributed by atoms with Gasteiger partial charge in [-0.3, -0.25) is 0 Å². The Labute approximate surface area is 80.4 Å². The van der Waals surface area contributed by atoms with Crippen LogP contribution < -0.4 is 0 Å². The van der Waals surface area contributed by atoms with Gasteiger partial charge in [-0.15, -0.1) is 0 Å². The molecule has 0 fully saturated rings. The van der Waals surface area contributed by atoms with Gasteiger partial charge in [0.05, 0.1) is 0 Å². The van der Waals surface area contributed by atoms with Crippen molar-refractivity contribution in [1.82, 2.24) is 9.97 Å². The minimum atomic E-state index is 0.733. The zero-order valence-electron chi connectivity index (χ0n) is 8.75. The van der Waals surface area contributed by atoms with E-state index in [1.807, 2.05) is 6.20 Å². The third-order valence-corrected chi connectivity index (χ3v) is 2.48. The van der Waals surface area contributed by atoms with Crippen molar-refractivity contribution >= 4 is 0 Å². The van der Waals surface area contributed by atoms with Gasteiger partial charge in [-0.2, -0.15) is 0 Å². The lowest BCUT2D eigenvalue weighted by atomic mass is 9.98. The van der Waals surface area contributed by atoms with Gasteiger partial charge in [0, 0.05) is 11.9 Å². The molecule has 1 atom stereocenters. The molecule has 1 unspecified atom stereocenters. The third kappa shape index (κ3) is 2.79. The molecule has 0 saturated heterocycles. The summed E-state index contributed by atoms with van der Waals surface area (Å²) in [6.07, 6.45) is 6.93. The van der Waals surface area contributed by atoms with Crippen molar-refractivity contribution in [3.05, 3.63) is 23.8 Å². The molecule has 1 aromatic heterocycles. The van der Waals surface area contributed by atoms with E-state index in [1.54, 1.807) is 6.33 Å². The van der Waals surface area contributed by atoms with Crippen molar-refractivity contribution in [1.29, 1.82) is 0 Å². The number of rotatable bonds is 4. The monoisotopic (exact) mass is 178 g/mol. The highest BCUT2D eigenvalue weighted by molar-refractivity contribution is 5.16. The molecule has 1 aromatic rings. The molecule has 1 heterocycles. The lowest BCUT2D eigenvalue weighted by molar-refractivity contribution is 0.555. The van der Waals surface area contributed by atoms with E-state index in [1.165, 1.54) is 17.7 Å². The van der Waals surface area contributed by atoms with Crippen molar-refractivity contribution in [2.24, 2.45) is 5.92 Å². The van der Waals surface area contributed by atoms with Crippen molar-refractivity contribution in [2.45, 2.75) is 40.0 Å². The molecule has 0 aromatic carbocycles. The molecule has 0 radical (unpaired) electrons. The molecule has 0 aliphatic rings. The fraction of sp³-hybridized carbons (Fsp3) is 0.636. The lowest BCUT2D eigenvalue weighted by Crippen LogP contribution is -2.03. The first-order valence-corrected chi connectivity index (χ1v) is 5.05. The Balaban J connectivity index is 2.74. The number of aromatic nitrogens is 2. The fourth-order valence-corrected chi connectivity index (χ4v) is 1.39. The van der Waals surface area contributed by atoms with Crippen molar-refractivity contribution in [3.8, 4) is 0 Å². The van der Waals surface area contributed by atoms with Crippen LogP contribution in [0.4, 0.5) is 0 Å². The summed E-state index contributed by atoms with van der Waals surface area (Å²) in [6, 6.07) is 0. The number of hydrogen-bond acceptors (Lipinski definition) is 2. The van der Waals surface area contributed by atoms with E-state index in [9.17, 15) is 0 Å². The van der Waals surface area contributed by atoms with Crippen LogP contribution >= 0.6 is 0 Å². The minimum absolute atomic E-state index is 0.733. The molecular weight excluding hydrogens is 160 g/mol. The van der Waals surface area contributed by atoms with Crippen LogP contribution in [0.25, 0.3) is 0 Å². The van der Waals surface area contributed by atoms with Gasteiger partial charge >= 0.3 is 0 Å². The Bertz CT molecular complexity index is 258. The highest BCUT2D eigenvalue weighted by Crippen LogP contribution is 2.13. The maximum Gasteiger partial charge on any atom is 0.115 e. The van der Waals surface area contributed by atoms with Crippen molar-refractivity contribution < 1.29 is 0 Å². The van der Waals surface area contributed by atoms with Gasteiger partial charge in [0.15, 0.2) is 0 Å². The largest absolute Gasteiger partial charge is 0.245 e. The summed E-state index contributed by atoms with van der Waals surface area (Å²) < 4.78 is 0. The summed E-state index contributed by atoms with van der Waals surface area (Å²) >= 11 is 0. The molecule has 2 heteroatoms. The number of nitrogens with zero attached hydrogens (tertiary/aromatic N) is 2. The maximum atomic E-state index is 4.27. The van der Waals surface area contributed by atoms with E-state index in [4.69, 9.17) is 0 Å². The van der Waals surface area contributed by atoms with Gasteiger partial charge in [0.1, 0.15) is 6.33 Å². The van der Waals surface area contributed by atoms with Crippen LogP contribution in [0.2, 0.25) is 0 Å². The van der Waals surface area contributed by atoms with Crippen LogP contribution in [-0.2, 0) is 12.8 Å². The average molecular weight is 178 g/mol. The van der Waals surface area contributed by atoms with Crippen LogP contribution in [0.3, 0.4) is 0 Å². The minimum Gasteiger partial charge on any atom is -0.245 e. The standard InChI is InChI=1S/C11H18N2/c1-4-9(3)6-10-7-12-8-13-11(10)5-2/h7-9H,4-6H2,1-3H3. The maximum absolute atomic E-state index is 4.27. The predicted molar refractivity (Wildman–Crippen MR) is 54.6 cm³/mol. The highest BCUT2D eigenvalue weighted by Gasteiger charge is 2.05. The normalized spacial score (nSPS) is 12.8. The van der Waals surface area contributed by atoms with Crippen LogP contribution in [0.1, 0.15) is 38.4 Å². The Kier molecular flexibility index (Phi) is 3.87. The second-order valence-corrected chi connectivity index (χ2v) is 3.57. The zero-order chi connectivity index (χ0) is 9.68. The van der Waals surface area contributed by atoms with E-state index in [-0.39, 0.29) is 0 Å². The molecule has 0 spiro atoms. The van der Waals surface area contributed by atoms with Crippen molar-refractivity contribution in [3.63, 3.8) is 0 Å². The molecule has 0 aliphatic heterocycles. The van der Waals surface area contributed by atoms with Crippen LogP contribution in [0.15, 0.2) is 12.5 Å². The molecule has 0 aliphatic carbocycles. The first-order chi connectivity index (χ1) is 6.27. The summed E-state index contributed by atoms with van der Waals surface area (Å²) in [6.45, 7) is 6.63. The first-order valence-electron chi connectivity index (χ1n) is 5.05. The highest BCUT2D eigenvalue weighted by atomic mass is 14.8. The van der Waals surface area contributed by atoms with Crippen molar-refractivity contribution in [2.75, 3.05) is 0 Å². The van der Waals surface area contributed by atoms with E-state index in [0.29, 0.717) is 0 Å². The molecule has 13 heavy (non-hydrogen) atoms. The lowest BCUT2D eigenvalue weighted by Gasteiger charge is -2.10. The molecular formula is C11H18N2. The molecule has 0 saturated carbocycles. The summed E-state index contributed by atoms with van der Waals surface area (Å²) in [7, 11) is 0. The topological polar surface area (TPSA) is 25.8 Å². The molecule has 0 N–H and O–H groups in total. The Morgan fingerprint density at radius 1 is 1.38 bits per heavy atom. The SMILES string of the molecule is CCc1ncncc1CC(C)CC. The molecule has 1 rings (SSSR count). The van der Waals surface area contributed by atoms with E-state index >= 15 is 0 Å². The second-order valence-electron chi connectivity index (χ2n) is 3.57. The summed E-state index contributed by atoms with van der Waals surface area (Å²) in [5.41, 5.74) is 2.52.